The number of aliphatic carboxylic acids is 2. The lowest BCUT2D eigenvalue weighted by Crippen LogP contribution is -2.44. The zero-order valence-electron chi connectivity index (χ0n) is 27.0. The van der Waals surface area contributed by atoms with Gasteiger partial charge < -0.3 is 10.2 Å². The van der Waals surface area contributed by atoms with Crippen LogP contribution >= 0.6 is 0 Å². The van der Waals surface area contributed by atoms with Crippen molar-refractivity contribution in [2.45, 2.75) is 129 Å². The first kappa shape index (κ1) is 36.2. The van der Waals surface area contributed by atoms with E-state index in [-0.39, 0.29) is 22.7 Å². The van der Waals surface area contributed by atoms with Gasteiger partial charge in [-0.25, -0.2) is 0 Å². The monoisotopic (exact) mass is 532 g/mol. The quantitative estimate of drug-likeness (QED) is 0.183. The minimum absolute atomic E-state index is 0.135. The summed E-state index contributed by atoms with van der Waals surface area (Å²) in [6.07, 6.45) is 9.21. The first-order valence-electron chi connectivity index (χ1n) is 14.4. The van der Waals surface area contributed by atoms with E-state index < -0.39 is 22.8 Å². The Morgan fingerprint density at radius 3 is 1.53 bits per heavy atom. The predicted molar refractivity (Wildman–Crippen MR) is 162 cm³/mol. The van der Waals surface area contributed by atoms with Crippen LogP contribution in [0.1, 0.15) is 129 Å². The molecule has 0 aromatic rings. The normalized spacial score (nSPS) is 16.0. The second kappa shape index (κ2) is 14.0. The number of allylic oxidation sites excluding steroid dienone is 5. The van der Waals surface area contributed by atoms with Crippen LogP contribution in [0.15, 0.2) is 35.5 Å². The van der Waals surface area contributed by atoms with Crippen LogP contribution in [-0.4, -0.2) is 22.2 Å². The topological polar surface area (TPSA) is 74.6 Å². The molecule has 3 unspecified atom stereocenters. The zero-order valence-corrected chi connectivity index (χ0v) is 27.0. The van der Waals surface area contributed by atoms with Gasteiger partial charge in [0.05, 0.1) is 10.8 Å². The first-order valence-corrected chi connectivity index (χ1v) is 14.4. The largest absolute Gasteiger partial charge is 0.481 e. The summed E-state index contributed by atoms with van der Waals surface area (Å²) in [5.74, 6) is -0.684. The summed E-state index contributed by atoms with van der Waals surface area (Å²) in [5, 5.41) is 19.6. The summed E-state index contributed by atoms with van der Waals surface area (Å²) in [7, 11) is 0. The van der Waals surface area contributed by atoms with Gasteiger partial charge in [-0.2, -0.15) is 0 Å². The molecule has 0 amide bonds. The van der Waals surface area contributed by atoms with Crippen molar-refractivity contribution in [1.29, 1.82) is 0 Å². The van der Waals surface area contributed by atoms with Gasteiger partial charge in [-0.05, 0) is 122 Å². The van der Waals surface area contributed by atoms with Gasteiger partial charge in [0.15, 0.2) is 0 Å². The Morgan fingerprint density at radius 2 is 1.16 bits per heavy atom. The smallest absolute Gasteiger partial charge is 0.309 e. The van der Waals surface area contributed by atoms with Crippen LogP contribution in [0.3, 0.4) is 0 Å². The molecule has 0 saturated heterocycles. The van der Waals surface area contributed by atoms with E-state index in [0.717, 1.165) is 31.3 Å². The Morgan fingerprint density at radius 1 is 0.737 bits per heavy atom. The highest BCUT2D eigenvalue weighted by Gasteiger charge is 2.47. The maximum Gasteiger partial charge on any atom is 0.309 e. The Hall–Kier alpha value is -1.84. The minimum Gasteiger partial charge on any atom is -0.481 e. The third-order valence-corrected chi connectivity index (χ3v) is 8.82. The standard InChI is InChI=1S/C34H60O4/c1-23(2)15-17-25(5)27(31(7,8)19-21-33(11,12)29(35)36)28(26(6)18-16-24(3)4)32(9,10)20-22-34(13,14)30(37)38/h16-17,26-28H,1,15,18-22H2,2-14H3,(H,35,36)(H,37,38)/b25-17-. The lowest BCUT2D eigenvalue weighted by atomic mass is 9.54. The highest BCUT2D eigenvalue weighted by Crippen LogP contribution is 2.54. The van der Waals surface area contributed by atoms with E-state index in [4.69, 9.17) is 0 Å². The Balaban J connectivity index is 6.87. The van der Waals surface area contributed by atoms with Crippen molar-refractivity contribution >= 4 is 11.9 Å². The van der Waals surface area contributed by atoms with Crippen molar-refractivity contribution in [3.05, 3.63) is 35.5 Å². The molecule has 0 heterocycles. The molecule has 3 atom stereocenters. The maximum absolute atomic E-state index is 11.9. The van der Waals surface area contributed by atoms with Gasteiger partial charge in [-0.3, -0.25) is 9.59 Å². The summed E-state index contributed by atoms with van der Waals surface area (Å²) in [5.41, 5.74) is 1.87. The Bertz CT molecular complexity index is 878. The molecule has 220 valence electrons. The van der Waals surface area contributed by atoms with Gasteiger partial charge in [-0.15, -0.1) is 0 Å². The molecule has 0 radical (unpaired) electrons. The SMILES string of the molecule is C=C(C)C/C=C(/C)C(C(C(C)CC=C(C)C)C(C)(C)CCC(C)(C)C(=O)O)C(C)(C)CCC(C)(C)C(=O)O. The highest BCUT2D eigenvalue weighted by atomic mass is 16.4. The maximum atomic E-state index is 11.9. The fourth-order valence-electron chi connectivity index (χ4n) is 5.77. The summed E-state index contributed by atoms with van der Waals surface area (Å²) < 4.78 is 0. The Kier molecular flexibility index (Phi) is 13.3. The Labute approximate surface area is 235 Å². The minimum atomic E-state index is -0.790. The van der Waals surface area contributed by atoms with Crippen molar-refractivity contribution in [2.75, 3.05) is 0 Å². The summed E-state index contributed by atoms with van der Waals surface area (Å²) >= 11 is 0. The highest BCUT2D eigenvalue weighted by molar-refractivity contribution is 5.73. The molecule has 4 nitrogen and oxygen atoms in total. The molecule has 0 saturated carbocycles. The molecule has 0 fully saturated rings. The molecule has 4 heteroatoms. The number of carboxylic acid groups (broad SMARTS) is 2. The molecular formula is C34H60O4. The number of hydrogen-bond acceptors (Lipinski definition) is 2. The average molecular weight is 533 g/mol. The number of carboxylic acids is 2. The van der Waals surface area contributed by atoms with Crippen molar-refractivity contribution in [2.24, 2.45) is 39.4 Å². The molecule has 0 bridgehead atoms. The molecular weight excluding hydrogens is 472 g/mol. The molecule has 0 aliphatic heterocycles. The van der Waals surface area contributed by atoms with E-state index in [0.29, 0.717) is 18.8 Å². The van der Waals surface area contributed by atoms with E-state index >= 15 is 0 Å². The lowest BCUT2D eigenvalue weighted by Gasteiger charge is -2.51. The van der Waals surface area contributed by atoms with Crippen LogP contribution in [0.25, 0.3) is 0 Å². The molecule has 0 aromatic carbocycles. The summed E-state index contributed by atoms with van der Waals surface area (Å²) in [6, 6.07) is 0. The second-order valence-electron chi connectivity index (χ2n) is 15.0. The van der Waals surface area contributed by atoms with Crippen molar-refractivity contribution in [3.63, 3.8) is 0 Å². The van der Waals surface area contributed by atoms with Crippen LogP contribution in [-0.2, 0) is 9.59 Å². The van der Waals surface area contributed by atoms with Gasteiger partial charge >= 0.3 is 11.9 Å². The fraction of sp³-hybridized carbons (Fsp3) is 0.765. The lowest BCUT2D eigenvalue weighted by molar-refractivity contribution is -0.149. The van der Waals surface area contributed by atoms with E-state index in [1.165, 1.54) is 11.1 Å². The second-order valence-corrected chi connectivity index (χ2v) is 15.0. The van der Waals surface area contributed by atoms with Crippen LogP contribution in [0.4, 0.5) is 0 Å². The fourth-order valence-corrected chi connectivity index (χ4v) is 5.77. The molecule has 0 aliphatic carbocycles. The third kappa shape index (κ3) is 11.1. The van der Waals surface area contributed by atoms with Crippen molar-refractivity contribution < 1.29 is 19.8 Å². The van der Waals surface area contributed by atoms with E-state index in [9.17, 15) is 19.8 Å². The molecule has 0 rings (SSSR count). The summed E-state index contributed by atoms with van der Waals surface area (Å²) in [6.45, 7) is 31.5. The molecule has 38 heavy (non-hydrogen) atoms. The number of carbonyl (C=O) groups is 2. The van der Waals surface area contributed by atoms with Gasteiger partial charge in [0, 0.05) is 0 Å². The molecule has 0 spiro atoms. The van der Waals surface area contributed by atoms with Crippen LogP contribution in [0, 0.1) is 39.4 Å². The first-order chi connectivity index (χ1) is 17.0. The van der Waals surface area contributed by atoms with Gasteiger partial charge in [0.25, 0.3) is 0 Å². The molecule has 0 aromatic heterocycles. The number of hydrogen-bond donors (Lipinski definition) is 2. The third-order valence-electron chi connectivity index (χ3n) is 8.82. The van der Waals surface area contributed by atoms with Crippen LogP contribution < -0.4 is 0 Å². The van der Waals surface area contributed by atoms with E-state index in [2.05, 4.69) is 74.1 Å². The molecule has 2 N–H and O–H groups in total. The van der Waals surface area contributed by atoms with Gasteiger partial charge in [0.2, 0.25) is 0 Å². The van der Waals surface area contributed by atoms with Gasteiger partial charge in [0.1, 0.15) is 0 Å². The van der Waals surface area contributed by atoms with Gasteiger partial charge in [-0.1, -0.05) is 70.1 Å². The van der Waals surface area contributed by atoms with Crippen LogP contribution in [0.5, 0.6) is 0 Å². The van der Waals surface area contributed by atoms with Crippen molar-refractivity contribution in [1.82, 2.24) is 0 Å². The van der Waals surface area contributed by atoms with E-state index in [1.807, 2.05) is 34.6 Å². The van der Waals surface area contributed by atoms with Crippen LogP contribution in [0.2, 0.25) is 0 Å². The summed E-state index contributed by atoms with van der Waals surface area (Å²) in [4.78, 5) is 23.9. The average Bonchev–Trinajstić information content (AvgIpc) is 2.76. The number of rotatable bonds is 17. The zero-order chi connectivity index (χ0) is 30.3. The van der Waals surface area contributed by atoms with E-state index in [1.54, 1.807) is 0 Å². The van der Waals surface area contributed by atoms with Crippen molar-refractivity contribution in [3.8, 4) is 0 Å². The molecule has 0 aliphatic rings. The predicted octanol–water partition coefficient (Wildman–Crippen LogP) is 9.96.